The van der Waals surface area contributed by atoms with Crippen LogP contribution < -0.4 is 5.32 Å². The minimum absolute atomic E-state index is 0.0324. The molecule has 0 atom stereocenters. The fraction of sp³-hybridized carbons (Fsp3) is 0.176. The van der Waals surface area contributed by atoms with E-state index in [4.69, 9.17) is 0 Å². The first-order chi connectivity index (χ1) is 10.3. The number of aromatic nitrogens is 1. The summed E-state index contributed by atoms with van der Waals surface area (Å²) in [4.78, 5) is 16.3. The first kappa shape index (κ1) is 13.8. The number of thiazole rings is 1. The van der Waals surface area contributed by atoms with E-state index in [2.05, 4.69) is 22.4 Å². The van der Waals surface area contributed by atoms with E-state index >= 15 is 0 Å². The van der Waals surface area contributed by atoms with Crippen LogP contribution in [0.15, 0.2) is 54.6 Å². The lowest BCUT2D eigenvalue weighted by Crippen LogP contribution is -2.11. The van der Waals surface area contributed by atoms with Gasteiger partial charge >= 0.3 is 0 Å². The van der Waals surface area contributed by atoms with E-state index in [1.807, 2.05) is 42.5 Å². The third-order valence-electron chi connectivity index (χ3n) is 3.25. The van der Waals surface area contributed by atoms with Crippen LogP contribution >= 0.6 is 11.3 Å². The van der Waals surface area contributed by atoms with Crippen LogP contribution in [0.2, 0.25) is 0 Å². The van der Waals surface area contributed by atoms with E-state index in [0.717, 1.165) is 23.1 Å². The summed E-state index contributed by atoms with van der Waals surface area (Å²) in [5, 5.41) is 3.57. The molecule has 0 aliphatic heterocycles. The monoisotopic (exact) mass is 296 g/mol. The van der Waals surface area contributed by atoms with Crippen molar-refractivity contribution in [3.8, 4) is 0 Å². The number of benzene rings is 2. The first-order valence-electron chi connectivity index (χ1n) is 7.00. The van der Waals surface area contributed by atoms with Gasteiger partial charge in [-0.05, 0) is 30.5 Å². The number of aryl methyl sites for hydroxylation is 1. The Morgan fingerprint density at radius 2 is 1.81 bits per heavy atom. The summed E-state index contributed by atoms with van der Waals surface area (Å²) in [5.74, 6) is 0.0324. The second-order valence-electron chi connectivity index (χ2n) is 4.87. The second-order valence-corrected chi connectivity index (χ2v) is 5.90. The lowest BCUT2D eigenvalue weighted by molar-refractivity contribution is -0.116. The van der Waals surface area contributed by atoms with Crippen LogP contribution in [0.3, 0.4) is 0 Å². The highest BCUT2D eigenvalue weighted by atomic mass is 32.1. The van der Waals surface area contributed by atoms with Gasteiger partial charge in [0.25, 0.3) is 0 Å². The van der Waals surface area contributed by atoms with E-state index in [0.29, 0.717) is 11.6 Å². The van der Waals surface area contributed by atoms with Crippen molar-refractivity contribution in [2.24, 2.45) is 0 Å². The summed E-state index contributed by atoms with van der Waals surface area (Å²) < 4.78 is 1.09. The van der Waals surface area contributed by atoms with Crippen LogP contribution in [-0.4, -0.2) is 10.9 Å². The number of hydrogen-bond donors (Lipinski definition) is 1. The van der Waals surface area contributed by atoms with Gasteiger partial charge in [-0.15, -0.1) is 0 Å². The molecule has 2 aromatic carbocycles. The van der Waals surface area contributed by atoms with E-state index < -0.39 is 0 Å². The number of carbonyl (C=O) groups is 1. The van der Waals surface area contributed by atoms with Gasteiger partial charge in [-0.1, -0.05) is 53.8 Å². The molecule has 3 nitrogen and oxygen atoms in total. The van der Waals surface area contributed by atoms with Crippen molar-refractivity contribution >= 4 is 32.6 Å². The maximum Gasteiger partial charge on any atom is 0.226 e. The number of fused-ring (bicyclic) bond motifs is 1. The number of nitrogens with zero attached hydrogens (tertiary/aromatic N) is 1. The molecule has 21 heavy (non-hydrogen) atoms. The SMILES string of the molecule is O=C(CCCc1ccccc1)Nc1nc2ccccc2s1. The molecule has 4 heteroatoms. The number of rotatable bonds is 5. The zero-order valence-electron chi connectivity index (χ0n) is 11.6. The van der Waals surface area contributed by atoms with Crippen molar-refractivity contribution in [3.05, 3.63) is 60.2 Å². The zero-order chi connectivity index (χ0) is 14.5. The summed E-state index contributed by atoms with van der Waals surface area (Å²) >= 11 is 1.51. The summed E-state index contributed by atoms with van der Waals surface area (Å²) in [6, 6.07) is 18.1. The minimum atomic E-state index is 0.0324. The van der Waals surface area contributed by atoms with Gasteiger partial charge in [0, 0.05) is 6.42 Å². The molecule has 0 spiro atoms. The molecule has 0 radical (unpaired) electrons. The van der Waals surface area contributed by atoms with E-state index in [1.165, 1.54) is 16.9 Å². The number of amides is 1. The lowest BCUT2D eigenvalue weighted by atomic mass is 10.1. The molecule has 1 N–H and O–H groups in total. The summed E-state index contributed by atoms with van der Waals surface area (Å²) in [6.07, 6.45) is 2.29. The molecule has 3 aromatic rings. The second kappa shape index (κ2) is 6.50. The molecule has 0 bridgehead atoms. The molecule has 1 aromatic heterocycles. The Labute approximate surface area is 127 Å². The van der Waals surface area contributed by atoms with Gasteiger partial charge in [-0.25, -0.2) is 4.98 Å². The third kappa shape index (κ3) is 3.67. The fourth-order valence-electron chi connectivity index (χ4n) is 2.21. The predicted octanol–water partition coefficient (Wildman–Crippen LogP) is 4.26. The highest BCUT2D eigenvalue weighted by molar-refractivity contribution is 7.22. The molecule has 1 amide bonds. The Balaban J connectivity index is 1.52. The molecule has 0 saturated carbocycles. The number of anilines is 1. The Morgan fingerprint density at radius 1 is 1.05 bits per heavy atom. The summed E-state index contributed by atoms with van der Waals surface area (Å²) in [5.41, 5.74) is 2.20. The molecule has 0 fully saturated rings. The van der Waals surface area contributed by atoms with Crippen LogP contribution in [-0.2, 0) is 11.2 Å². The third-order valence-corrected chi connectivity index (χ3v) is 4.20. The molecule has 0 unspecified atom stereocenters. The maximum atomic E-state index is 11.9. The number of hydrogen-bond acceptors (Lipinski definition) is 3. The molecular formula is C17H16N2OS. The van der Waals surface area contributed by atoms with Gasteiger partial charge in [0.05, 0.1) is 10.2 Å². The fourth-order valence-corrected chi connectivity index (χ4v) is 3.09. The van der Waals surface area contributed by atoms with Crippen molar-refractivity contribution in [2.45, 2.75) is 19.3 Å². The van der Waals surface area contributed by atoms with Crippen molar-refractivity contribution in [3.63, 3.8) is 0 Å². The van der Waals surface area contributed by atoms with Crippen molar-refractivity contribution in [1.82, 2.24) is 4.98 Å². The average Bonchev–Trinajstić information content (AvgIpc) is 2.90. The number of para-hydroxylation sites is 1. The Bertz CT molecular complexity index is 704. The first-order valence-corrected chi connectivity index (χ1v) is 7.82. The number of carbonyl (C=O) groups excluding carboxylic acids is 1. The van der Waals surface area contributed by atoms with Crippen LogP contribution in [0.4, 0.5) is 5.13 Å². The van der Waals surface area contributed by atoms with Gasteiger partial charge in [0.15, 0.2) is 5.13 Å². The van der Waals surface area contributed by atoms with Crippen LogP contribution in [0, 0.1) is 0 Å². The molecule has 0 aliphatic carbocycles. The maximum absolute atomic E-state index is 11.9. The normalized spacial score (nSPS) is 10.7. The van der Waals surface area contributed by atoms with Crippen LogP contribution in [0.1, 0.15) is 18.4 Å². The van der Waals surface area contributed by atoms with Crippen molar-refractivity contribution in [1.29, 1.82) is 0 Å². The molecule has 0 aliphatic rings. The van der Waals surface area contributed by atoms with Gasteiger partial charge in [-0.3, -0.25) is 4.79 Å². The topological polar surface area (TPSA) is 42.0 Å². The van der Waals surface area contributed by atoms with E-state index in [1.54, 1.807) is 0 Å². The van der Waals surface area contributed by atoms with Crippen molar-refractivity contribution < 1.29 is 4.79 Å². The largest absolute Gasteiger partial charge is 0.302 e. The Kier molecular flexibility index (Phi) is 4.26. The zero-order valence-corrected chi connectivity index (χ0v) is 12.4. The quantitative estimate of drug-likeness (QED) is 0.764. The number of nitrogens with one attached hydrogen (secondary N) is 1. The molecule has 3 rings (SSSR count). The van der Waals surface area contributed by atoms with Gasteiger partial charge in [0.2, 0.25) is 5.91 Å². The summed E-state index contributed by atoms with van der Waals surface area (Å²) in [6.45, 7) is 0. The highest BCUT2D eigenvalue weighted by Crippen LogP contribution is 2.25. The van der Waals surface area contributed by atoms with E-state index in [9.17, 15) is 4.79 Å². The molecule has 0 saturated heterocycles. The Morgan fingerprint density at radius 3 is 2.62 bits per heavy atom. The highest BCUT2D eigenvalue weighted by Gasteiger charge is 2.07. The molecule has 106 valence electrons. The van der Waals surface area contributed by atoms with Crippen LogP contribution in [0.25, 0.3) is 10.2 Å². The van der Waals surface area contributed by atoms with Gasteiger partial charge in [0.1, 0.15) is 0 Å². The smallest absolute Gasteiger partial charge is 0.226 e. The summed E-state index contributed by atoms with van der Waals surface area (Å²) in [7, 11) is 0. The Hall–Kier alpha value is -2.20. The van der Waals surface area contributed by atoms with Crippen molar-refractivity contribution in [2.75, 3.05) is 5.32 Å². The van der Waals surface area contributed by atoms with Gasteiger partial charge < -0.3 is 5.32 Å². The predicted molar refractivity (Wildman–Crippen MR) is 87.6 cm³/mol. The molecule has 1 heterocycles. The lowest BCUT2D eigenvalue weighted by Gasteiger charge is -2.02. The molecular weight excluding hydrogens is 280 g/mol. The standard InChI is InChI=1S/C17H16N2OS/c20-16(12-6-9-13-7-2-1-3-8-13)19-17-18-14-10-4-5-11-15(14)21-17/h1-5,7-8,10-11H,6,9,12H2,(H,18,19,20). The van der Waals surface area contributed by atoms with Crippen LogP contribution in [0.5, 0.6) is 0 Å². The average molecular weight is 296 g/mol. The minimum Gasteiger partial charge on any atom is -0.302 e. The van der Waals surface area contributed by atoms with Gasteiger partial charge in [-0.2, -0.15) is 0 Å². The van der Waals surface area contributed by atoms with E-state index in [-0.39, 0.29) is 5.91 Å².